The normalized spacial score (nSPS) is 21.1. The van der Waals surface area contributed by atoms with Gasteiger partial charge in [-0.15, -0.1) is 0 Å². The van der Waals surface area contributed by atoms with E-state index in [0.29, 0.717) is 43.2 Å². The van der Waals surface area contributed by atoms with Crippen LogP contribution in [-0.2, 0) is 11.0 Å². The van der Waals surface area contributed by atoms with Crippen molar-refractivity contribution in [2.24, 2.45) is 5.41 Å². The van der Waals surface area contributed by atoms with E-state index in [4.69, 9.17) is 16.3 Å². The molecule has 0 radical (unpaired) electrons. The number of hydrogen-bond acceptors (Lipinski definition) is 4. The van der Waals surface area contributed by atoms with E-state index in [2.05, 4.69) is 4.90 Å². The predicted octanol–water partition coefficient (Wildman–Crippen LogP) is 4.82. The van der Waals surface area contributed by atoms with Crippen LogP contribution in [0.1, 0.15) is 35.2 Å². The number of carbonyl (C=O) groups is 2. The maximum absolute atomic E-state index is 13.3. The molecule has 2 amide bonds. The second-order valence-corrected chi connectivity index (χ2v) is 10.4. The molecular formula is C27H31ClF3N3O3. The SMILES string of the molecule is CN1CCN(C(=O)CC2(COc3ccc(Cl)cc3)CCCN(C(=O)c3ccc(C(F)(F)F)cc3)C2)CC1. The van der Waals surface area contributed by atoms with Crippen molar-refractivity contribution in [1.29, 1.82) is 0 Å². The Balaban J connectivity index is 1.52. The van der Waals surface area contributed by atoms with Crippen LogP contribution in [0.4, 0.5) is 13.2 Å². The van der Waals surface area contributed by atoms with E-state index in [9.17, 15) is 22.8 Å². The lowest BCUT2D eigenvalue weighted by Crippen LogP contribution is -2.53. The van der Waals surface area contributed by atoms with Gasteiger partial charge in [-0.05, 0) is 68.4 Å². The van der Waals surface area contributed by atoms with Gasteiger partial charge in [0.2, 0.25) is 5.91 Å². The van der Waals surface area contributed by atoms with Gasteiger partial charge in [0.15, 0.2) is 0 Å². The number of piperidine rings is 1. The zero-order valence-electron chi connectivity index (χ0n) is 20.8. The van der Waals surface area contributed by atoms with Crippen LogP contribution in [0.25, 0.3) is 0 Å². The number of likely N-dealkylation sites (tertiary alicyclic amines) is 1. The van der Waals surface area contributed by atoms with Gasteiger partial charge in [-0.1, -0.05) is 11.6 Å². The summed E-state index contributed by atoms with van der Waals surface area (Å²) in [6.45, 7) is 3.88. The zero-order valence-corrected chi connectivity index (χ0v) is 21.5. The number of ether oxygens (including phenoxy) is 1. The molecule has 2 aliphatic heterocycles. The topological polar surface area (TPSA) is 53.1 Å². The van der Waals surface area contributed by atoms with E-state index in [1.807, 2.05) is 11.9 Å². The van der Waals surface area contributed by atoms with Crippen molar-refractivity contribution in [2.75, 3.05) is 52.9 Å². The molecule has 0 saturated carbocycles. The Labute approximate surface area is 219 Å². The van der Waals surface area contributed by atoms with Gasteiger partial charge in [-0.2, -0.15) is 13.2 Å². The quantitative estimate of drug-likeness (QED) is 0.530. The third-order valence-electron chi connectivity index (χ3n) is 7.15. The fraction of sp³-hybridized carbons (Fsp3) is 0.481. The average Bonchev–Trinajstić information content (AvgIpc) is 2.88. The van der Waals surface area contributed by atoms with Crippen LogP contribution in [0.2, 0.25) is 5.02 Å². The summed E-state index contributed by atoms with van der Waals surface area (Å²) >= 11 is 5.98. The number of alkyl halides is 3. The van der Waals surface area contributed by atoms with Gasteiger partial charge < -0.3 is 19.4 Å². The third kappa shape index (κ3) is 6.96. The first-order chi connectivity index (χ1) is 17.5. The molecule has 200 valence electrons. The largest absolute Gasteiger partial charge is 0.493 e. The molecule has 2 aromatic carbocycles. The molecule has 4 rings (SSSR count). The first kappa shape index (κ1) is 27.3. The summed E-state index contributed by atoms with van der Waals surface area (Å²) in [5.41, 5.74) is -1.24. The molecule has 0 aliphatic carbocycles. The van der Waals surface area contributed by atoms with Crippen molar-refractivity contribution < 1.29 is 27.5 Å². The van der Waals surface area contributed by atoms with E-state index in [1.54, 1.807) is 29.2 Å². The Hall–Kier alpha value is -2.78. The minimum absolute atomic E-state index is 0.0247. The number of amides is 2. The van der Waals surface area contributed by atoms with Crippen LogP contribution < -0.4 is 4.74 Å². The molecule has 1 atom stereocenters. The lowest BCUT2D eigenvalue weighted by Gasteiger charge is -2.43. The third-order valence-corrected chi connectivity index (χ3v) is 7.40. The monoisotopic (exact) mass is 537 g/mol. The number of piperazine rings is 1. The van der Waals surface area contributed by atoms with Crippen molar-refractivity contribution in [3.8, 4) is 5.75 Å². The predicted molar refractivity (Wildman–Crippen MR) is 135 cm³/mol. The highest BCUT2D eigenvalue weighted by Gasteiger charge is 2.41. The summed E-state index contributed by atoms with van der Waals surface area (Å²) in [5.74, 6) is 0.287. The number of hydrogen-bond donors (Lipinski definition) is 0. The van der Waals surface area contributed by atoms with Gasteiger partial charge in [0.1, 0.15) is 5.75 Å². The number of rotatable bonds is 6. The molecule has 0 spiro atoms. The Morgan fingerprint density at radius 1 is 0.946 bits per heavy atom. The molecule has 0 aromatic heterocycles. The van der Waals surface area contributed by atoms with E-state index in [0.717, 1.165) is 25.2 Å². The first-order valence-electron chi connectivity index (χ1n) is 12.4. The smallest absolute Gasteiger partial charge is 0.416 e. The van der Waals surface area contributed by atoms with Gasteiger partial charge in [-0.3, -0.25) is 9.59 Å². The summed E-state index contributed by atoms with van der Waals surface area (Å²) < 4.78 is 45.0. The Bertz CT molecular complexity index is 1090. The van der Waals surface area contributed by atoms with E-state index >= 15 is 0 Å². The number of likely N-dealkylation sites (N-methyl/N-ethyl adjacent to an activating group) is 1. The molecule has 0 N–H and O–H groups in total. The zero-order chi connectivity index (χ0) is 26.6. The van der Waals surface area contributed by atoms with Gasteiger partial charge in [0, 0.05) is 61.7 Å². The van der Waals surface area contributed by atoms with Crippen LogP contribution in [0.5, 0.6) is 5.75 Å². The van der Waals surface area contributed by atoms with E-state index < -0.39 is 17.2 Å². The molecule has 2 aromatic rings. The van der Waals surface area contributed by atoms with Crippen LogP contribution in [0, 0.1) is 5.41 Å². The highest BCUT2D eigenvalue weighted by molar-refractivity contribution is 6.30. The fourth-order valence-corrected chi connectivity index (χ4v) is 5.06. The second kappa shape index (κ2) is 11.3. The molecule has 0 bridgehead atoms. The molecular weight excluding hydrogens is 507 g/mol. The van der Waals surface area contributed by atoms with Gasteiger partial charge in [0.05, 0.1) is 12.2 Å². The summed E-state index contributed by atoms with van der Waals surface area (Å²) in [4.78, 5) is 32.3. The van der Waals surface area contributed by atoms with E-state index in [1.165, 1.54) is 12.1 Å². The molecule has 6 nitrogen and oxygen atoms in total. The summed E-state index contributed by atoms with van der Waals surface area (Å²) in [6, 6.07) is 11.2. The molecule has 10 heteroatoms. The minimum atomic E-state index is -4.47. The summed E-state index contributed by atoms with van der Waals surface area (Å²) in [5, 5.41) is 0.582. The van der Waals surface area contributed by atoms with Crippen molar-refractivity contribution >= 4 is 23.4 Å². The van der Waals surface area contributed by atoms with Crippen molar-refractivity contribution in [3.05, 3.63) is 64.7 Å². The highest BCUT2D eigenvalue weighted by atomic mass is 35.5. The van der Waals surface area contributed by atoms with Crippen molar-refractivity contribution in [3.63, 3.8) is 0 Å². The van der Waals surface area contributed by atoms with Crippen LogP contribution in [-0.4, -0.2) is 79.4 Å². The Kier molecular flexibility index (Phi) is 8.33. The first-order valence-corrected chi connectivity index (χ1v) is 12.7. The summed E-state index contributed by atoms with van der Waals surface area (Å²) in [7, 11) is 2.02. The molecule has 1 unspecified atom stereocenters. The average molecular weight is 538 g/mol. The second-order valence-electron chi connectivity index (χ2n) is 10.0. The number of benzene rings is 2. The lowest BCUT2D eigenvalue weighted by atomic mass is 9.77. The Morgan fingerprint density at radius 2 is 1.59 bits per heavy atom. The fourth-order valence-electron chi connectivity index (χ4n) is 4.93. The van der Waals surface area contributed by atoms with Gasteiger partial charge in [-0.25, -0.2) is 0 Å². The van der Waals surface area contributed by atoms with Gasteiger partial charge >= 0.3 is 6.18 Å². The van der Waals surface area contributed by atoms with Crippen LogP contribution in [0.15, 0.2) is 48.5 Å². The van der Waals surface area contributed by atoms with Crippen LogP contribution in [0.3, 0.4) is 0 Å². The lowest BCUT2D eigenvalue weighted by molar-refractivity contribution is -0.138. The number of nitrogens with zero attached hydrogens (tertiary/aromatic N) is 3. The molecule has 37 heavy (non-hydrogen) atoms. The molecule has 2 fully saturated rings. The maximum Gasteiger partial charge on any atom is 0.416 e. The van der Waals surface area contributed by atoms with E-state index in [-0.39, 0.29) is 37.0 Å². The Morgan fingerprint density at radius 3 is 2.22 bits per heavy atom. The van der Waals surface area contributed by atoms with Crippen molar-refractivity contribution in [2.45, 2.75) is 25.4 Å². The van der Waals surface area contributed by atoms with Crippen molar-refractivity contribution in [1.82, 2.24) is 14.7 Å². The summed E-state index contributed by atoms with van der Waals surface area (Å²) in [6.07, 6.45) is -2.89. The minimum Gasteiger partial charge on any atom is -0.493 e. The number of carbonyl (C=O) groups excluding carboxylic acids is 2. The molecule has 2 aliphatic rings. The molecule has 2 heterocycles. The number of halogens is 4. The standard InChI is InChI=1S/C27H31ClF3N3O3/c1-32-13-15-33(16-14-32)24(35)17-26(19-37-23-9-7-22(28)8-10-23)11-2-12-34(18-26)25(36)20-3-5-21(6-4-20)27(29,30)31/h3-10H,2,11-19H2,1H3. The van der Waals surface area contributed by atoms with Gasteiger partial charge in [0.25, 0.3) is 5.91 Å². The maximum atomic E-state index is 13.3. The van der Waals surface area contributed by atoms with Crippen LogP contribution >= 0.6 is 11.6 Å². The molecule has 2 saturated heterocycles. The highest BCUT2D eigenvalue weighted by Crippen LogP contribution is 2.36.